The molecule has 4 rings (SSSR count). The fourth-order valence-electron chi connectivity index (χ4n) is 4.07. The second-order valence-electron chi connectivity index (χ2n) is 7.17. The average molecular weight is 349 g/mol. The SMILES string of the molecule is CCCc1ccc(C(=O)N2CCC3(CC2)OC(=O)c2ccccc23)cc1. The van der Waals surface area contributed by atoms with Crippen LogP contribution in [0.4, 0.5) is 0 Å². The number of nitrogens with zero attached hydrogens (tertiary/aromatic N) is 1. The van der Waals surface area contributed by atoms with Gasteiger partial charge in [0.05, 0.1) is 5.56 Å². The van der Waals surface area contributed by atoms with E-state index in [1.165, 1.54) is 5.56 Å². The van der Waals surface area contributed by atoms with Crippen molar-refractivity contribution < 1.29 is 14.3 Å². The quantitative estimate of drug-likeness (QED) is 0.789. The van der Waals surface area contributed by atoms with E-state index in [2.05, 4.69) is 6.92 Å². The smallest absolute Gasteiger partial charge is 0.339 e. The average Bonchev–Trinajstić information content (AvgIpc) is 2.95. The van der Waals surface area contributed by atoms with Crippen LogP contribution in [-0.4, -0.2) is 29.9 Å². The summed E-state index contributed by atoms with van der Waals surface area (Å²) in [7, 11) is 0. The van der Waals surface area contributed by atoms with E-state index in [-0.39, 0.29) is 11.9 Å². The molecule has 2 heterocycles. The van der Waals surface area contributed by atoms with Gasteiger partial charge in [-0.25, -0.2) is 4.79 Å². The van der Waals surface area contributed by atoms with E-state index in [1.54, 1.807) is 0 Å². The lowest BCUT2D eigenvalue weighted by Gasteiger charge is -2.38. The van der Waals surface area contributed by atoms with E-state index in [1.807, 2.05) is 53.4 Å². The van der Waals surface area contributed by atoms with Crippen LogP contribution in [0.2, 0.25) is 0 Å². The van der Waals surface area contributed by atoms with Crippen molar-refractivity contribution in [3.8, 4) is 0 Å². The molecule has 0 radical (unpaired) electrons. The maximum Gasteiger partial charge on any atom is 0.339 e. The van der Waals surface area contributed by atoms with Gasteiger partial charge in [0.15, 0.2) is 0 Å². The van der Waals surface area contributed by atoms with Crippen LogP contribution in [0, 0.1) is 0 Å². The van der Waals surface area contributed by atoms with Crippen LogP contribution in [-0.2, 0) is 16.8 Å². The number of aryl methyl sites for hydroxylation is 1. The highest BCUT2D eigenvalue weighted by Crippen LogP contribution is 2.44. The minimum absolute atomic E-state index is 0.0560. The molecule has 2 aromatic carbocycles. The number of likely N-dealkylation sites (tertiary alicyclic amines) is 1. The summed E-state index contributed by atoms with van der Waals surface area (Å²) >= 11 is 0. The second-order valence-corrected chi connectivity index (χ2v) is 7.17. The van der Waals surface area contributed by atoms with Crippen molar-refractivity contribution >= 4 is 11.9 Å². The number of ether oxygens (including phenoxy) is 1. The van der Waals surface area contributed by atoms with Crippen molar-refractivity contribution in [2.24, 2.45) is 0 Å². The Hall–Kier alpha value is -2.62. The summed E-state index contributed by atoms with van der Waals surface area (Å²) in [5, 5.41) is 0. The van der Waals surface area contributed by atoms with Gasteiger partial charge in [-0.05, 0) is 30.2 Å². The molecule has 0 N–H and O–H groups in total. The number of hydrogen-bond donors (Lipinski definition) is 0. The summed E-state index contributed by atoms with van der Waals surface area (Å²) in [5.74, 6) is -0.188. The molecule has 1 amide bonds. The normalized spacial score (nSPS) is 17.9. The van der Waals surface area contributed by atoms with Gasteiger partial charge in [-0.15, -0.1) is 0 Å². The lowest BCUT2D eigenvalue weighted by Crippen LogP contribution is -2.45. The van der Waals surface area contributed by atoms with Crippen LogP contribution >= 0.6 is 0 Å². The number of rotatable bonds is 3. The maximum atomic E-state index is 12.8. The molecular formula is C22H23NO3. The highest BCUT2D eigenvalue weighted by Gasteiger charge is 2.47. The Kier molecular flexibility index (Phi) is 4.27. The van der Waals surface area contributed by atoms with E-state index >= 15 is 0 Å². The molecule has 1 spiro atoms. The van der Waals surface area contributed by atoms with Crippen LogP contribution in [0.3, 0.4) is 0 Å². The van der Waals surface area contributed by atoms with Crippen molar-refractivity contribution in [2.75, 3.05) is 13.1 Å². The number of fused-ring (bicyclic) bond motifs is 2. The third kappa shape index (κ3) is 2.79. The van der Waals surface area contributed by atoms with E-state index in [0.29, 0.717) is 31.5 Å². The number of piperidine rings is 1. The number of amides is 1. The van der Waals surface area contributed by atoms with Gasteiger partial charge in [0.2, 0.25) is 0 Å². The molecule has 0 saturated carbocycles. The lowest BCUT2D eigenvalue weighted by atomic mass is 9.83. The zero-order valence-corrected chi connectivity index (χ0v) is 15.0. The molecule has 0 bridgehead atoms. The van der Waals surface area contributed by atoms with Crippen LogP contribution in [0.15, 0.2) is 48.5 Å². The Morgan fingerprint density at radius 1 is 1.08 bits per heavy atom. The summed E-state index contributed by atoms with van der Waals surface area (Å²) in [6, 6.07) is 15.5. The molecular weight excluding hydrogens is 326 g/mol. The molecule has 0 unspecified atom stereocenters. The third-order valence-electron chi connectivity index (χ3n) is 5.52. The van der Waals surface area contributed by atoms with E-state index in [9.17, 15) is 9.59 Å². The van der Waals surface area contributed by atoms with Crippen molar-refractivity contribution in [1.29, 1.82) is 0 Å². The number of carbonyl (C=O) groups is 2. The first-order chi connectivity index (χ1) is 12.6. The van der Waals surface area contributed by atoms with Gasteiger partial charge < -0.3 is 9.64 Å². The molecule has 2 aliphatic heterocycles. The predicted molar refractivity (Wildman–Crippen MR) is 99.1 cm³/mol. The molecule has 1 fully saturated rings. The number of carbonyl (C=O) groups excluding carboxylic acids is 2. The van der Waals surface area contributed by atoms with Crippen molar-refractivity contribution in [2.45, 2.75) is 38.2 Å². The summed E-state index contributed by atoms with van der Waals surface area (Å²) in [6.45, 7) is 3.34. The summed E-state index contributed by atoms with van der Waals surface area (Å²) < 4.78 is 5.76. The van der Waals surface area contributed by atoms with Crippen LogP contribution in [0.5, 0.6) is 0 Å². The predicted octanol–water partition coefficient (Wildman–Crippen LogP) is 3.94. The Morgan fingerprint density at radius 3 is 2.46 bits per heavy atom. The van der Waals surface area contributed by atoms with Crippen molar-refractivity contribution in [3.63, 3.8) is 0 Å². The van der Waals surface area contributed by atoms with E-state index in [0.717, 1.165) is 24.0 Å². The van der Waals surface area contributed by atoms with Gasteiger partial charge in [-0.1, -0.05) is 43.7 Å². The van der Waals surface area contributed by atoms with E-state index < -0.39 is 5.60 Å². The number of hydrogen-bond acceptors (Lipinski definition) is 3. The lowest BCUT2D eigenvalue weighted by molar-refractivity contribution is -0.0389. The zero-order valence-electron chi connectivity index (χ0n) is 15.0. The summed E-state index contributed by atoms with van der Waals surface area (Å²) in [6.07, 6.45) is 3.43. The molecule has 2 aromatic rings. The Balaban J connectivity index is 1.47. The summed E-state index contributed by atoms with van der Waals surface area (Å²) in [4.78, 5) is 26.8. The van der Waals surface area contributed by atoms with Gasteiger partial charge in [0, 0.05) is 37.1 Å². The minimum atomic E-state index is -0.560. The molecule has 26 heavy (non-hydrogen) atoms. The second kappa shape index (κ2) is 6.60. The topological polar surface area (TPSA) is 46.6 Å². The standard InChI is InChI=1S/C22H23NO3/c1-2-5-16-8-10-17(11-9-16)20(24)23-14-12-22(13-15-23)19-7-4-3-6-18(19)21(25)26-22/h3-4,6-11H,2,5,12-15H2,1H3. The fourth-order valence-corrected chi connectivity index (χ4v) is 4.07. The summed E-state index contributed by atoms with van der Waals surface area (Å²) in [5.41, 5.74) is 3.07. The van der Waals surface area contributed by atoms with E-state index in [4.69, 9.17) is 4.74 Å². The first kappa shape index (κ1) is 16.8. The zero-order chi connectivity index (χ0) is 18.1. The van der Waals surface area contributed by atoms with Crippen molar-refractivity contribution in [1.82, 2.24) is 4.90 Å². The fraction of sp³-hybridized carbons (Fsp3) is 0.364. The third-order valence-corrected chi connectivity index (χ3v) is 5.52. The Labute approximate surface area is 153 Å². The number of benzene rings is 2. The van der Waals surface area contributed by atoms with Gasteiger partial charge in [-0.2, -0.15) is 0 Å². The van der Waals surface area contributed by atoms with Crippen LogP contribution < -0.4 is 0 Å². The van der Waals surface area contributed by atoms with Gasteiger partial charge >= 0.3 is 5.97 Å². The van der Waals surface area contributed by atoms with Gasteiger partial charge in [0.25, 0.3) is 5.91 Å². The van der Waals surface area contributed by atoms with Crippen LogP contribution in [0.1, 0.15) is 58.0 Å². The molecule has 4 nitrogen and oxygen atoms in total. The minimum Gasteiger partial charge on any atom is -0.450 e. The molecule has 0 atom stereocenters. The number of esters is 1. The van der Waals surface area contributed by atoms with Gasteiger partial charge in [0.1, 0.15) is 5.60 Å². The molecule has 2 aliphatic rings. The monoisotopic (exact) mass is 349 g/mol. The Bertz CT molecular complexity index is 833. The first-order valence-corrected chi connectivity index (χ1v) is 9.34. The Morgan fingerprint density at radius 2 is 1.77 bits per heavy atom. The molecule has 0 aromatic heterocycles. The largest absolute Gasteiger partial charge is 0.450 e. The molecule has 1 saturated heterocycles. The first-order valence-electron chi connectivity index (χ1n) is 9.34. The maximum absolute atomic E-state index is 12.8. The molecule has 4 heteroatoms. The molecule has 0 aliphatic carbocycles. The highest BCUT2D eigenvalue weighted by atomic mass is 16.6. The highest BCUT2D eigenvalue weighted by molar-refractivity contribution is 5.95. The molecule has 134 valence electrons. The van der Waals surface area contributed by atoms with Gasteiger partial charge in [-0.3, -0.25) is 4.79 Å². The van der Waals surface area contributed by atoms with Crippen LogP contribution in [0.25, 0.3) is 0 Å². The van der Waals surface area contributed by atoms with Crippen molar-refractivity contribution in [3.05, 3.63) is 70.8 Å².